The third-order valence-corrected chi connectivity index (χ3v) is 12.0. The van der Waals surface area contributed by atoms with Crippen molar-refractivity contribution in [2.75, 3.05) is 63.1 Å². The Morgan fingerprint density at radius 1 is 0.603 bits per heavy atom. The fourth-order valence-electron chi connectivity index (χ4n) is 7.97. The van der Waals surface area contributed by atoms with Gasteiger partial charge in [-0.05, 0) is 143 Å². The molecule has 5 amide bonds. The SMILES string of the molecule is CCc1ccc(CCNC(=O)N2CCC(Nc3ccc(CCN)cc3)CC2)cc1.CCc1ccc(CCNC(=O)N2CCC(Nc3ccc(CCOC(=O)NC(C)(C)C)cc3)CC2)cc1.O=CO. The number of carbonyl (C=O) groups is 4. The van der Waals surface area contributed by atoms with Crippen LogP contribution in [-0.2, 0) is 48.1 Å². The number of carboxylic acid groups (broad SMARTS) is 1. The number of amides is 5. The molecule has 0 atom stereocenters. The summed E-state index contributed by atoms with van der Waals surface area (Å²) in [7, 11) is 0. The zero-order chi connectivity index (χ0) is 49.2. The zero-order valence-corrected chi connectivity index (χ0v) is 41.2. The van der Waals surface area contributed by atoms with Crippen LogP contribution in [-0.4, -0.2) is 110 Å². The molecule has 2 aliphatic heterocycles. The first-order chi connectivity index (χ1) is 32.8. The van der Waals surface area contributed by atoms with Crippen molar-refractivity contribution in [3.05, 3.63) is 130 Å². The highest BCUT2D eigenvalue weighted by molar-refractivity contribution is 5.74. The van der Waals surface area contributed by atoms with Crippen LogP contribution in [0, 0.1) is 0 Å². The van der Waals surface area contributed by atoms with Crippen molar-refractivity contribution in [3.8, 4) is 0 Å². The van der Waals surface area contributed by atoms with E-state index in [2.05, 4.69) is 137 Å². The number of hydrogen-bond acceptors (Lipinski definition) is 8. The number of likely N-dealkylation sites (tertiary alicyclic amines) is 2. The molecule has 4 aromatic carbocycles. The van der Waals surface area contributed by atoms with Crippen molar-refractivity contribution in [1.82, 2.24) is 25.8 Å². The minimum atomic E-state index is -0.387. The van der Waals surface area contributed by atoms with E-state index in [0.717, 1.165) is 101 Å². The maximum Gasteiger partial charge on any atom is 0.407 e. The molecule has 2 heterocycles. The summed E-state index contributed by atoms with van der Waals surface area (Å²) in [5, 5.41) is 23.0. The van der Waals surface area contributed by atoms with E-state index < -0.39 is 0 Å². The second-order valence-electron chi connectivity index (χ2n) is 18.4. The highest BCUT2D eigenvalue weighted by Crippen LogP contribution is 2.20. The summed E-state index contributed by atoms with van der Waals surface area (Å²) in [5.74, 6) is 0. The van der Waals surface area contributed by atoms with Crippen LogP contribution in [0.15, 0.2) is 97.1 Å². The van der Waals surface area contributed by atoms with Gasteiger partial charge in [-0.2, -0.15) is 0 Å². The smallest absolute Gasteiger partial charge is 0.407 e. The van der Waals surface area contributed by atoms with Crippen molar-refractivity contribution in [1.29, 1.82) is 0 Å². The van der Waals surface area contributed by atoms with Crippen LogP contribution >= 0.6 is 0 Å². The Morgan fingerprint density at radius 2 is 0.941 bits per heavy atom. The Morgan fingerprint density at radius 3 is 1.29 bits per heavy atom. The largest absolute Gasteiger partial charge is 0.483 e. The van der Waals surface area contributed by atoms with Crippen molar-refractivity contribution >= 4 is 36.0 Å². The lowest BCUT2D eigenvalue weighted by atomic mass is 10.0. The number of carbonyl (C=O) groups excluding carboxylic acids is 3. The first-order valence-corrected chi connectivity index (χ1v) is 24.5. The summed E-state index contributed by atoms with van der Waals surface area (Å²) < 4.78 is 5.26. The van der Waals surface area contributed by atoms with Crippen LogP contribution in [0.5, 0.6) is 0 Å². The van der Waals surface area contributed by atoms with Crippen LogP contribution in [0.25, 0.3) is 0 Å². The average Bonchev–Trinajstić information content (AvgIpc) is 3.33. The molecule has 8 N–H and O–H groups in total. The third kappa shape index (κ3) is 20.7. The maximum absolute atomic E-state index is 12.5. The van der Waals surface area contributed by atoms with E-state index >= 15 is 0 Å². The van der Waals surface area contributed by atoms with Gasteiger partial charge < -0.3 is 52.0 Å². The lowest BCUT2D eigenvalue weighted by molar-refractivity contribution is -0.122. The van der Waals surface area contributed by atoms with Gasteiger partial charge in [0.15, 0.2) is 0 Å². The summed E-state index contributed by atoms with van der Waals surface area (Å²) >= 11 is 0. The number of hydrogen-bond donors (Lipinski definition) is 7. The number of rotatable bonds is 17. The van der Waals surface area contributed by atoms with Gasteiger partial charge in [0.05, 0.1) is 6.61 Å². The van der Waals surface area contributed by atoms with E-state index in [1.54, 1.807) is 0 Å². The van der Waals surface area contributed by atoms with Crippen LogP contribution in [0.1, 0.15) is 93.7 Å². The first-order valence-electron chi connectivity index (χ1n) is 24.5. The predicted molar refractivity (Wildman–Crippen MR) is 275 cm³/mol. The fourth-order valence-corrected chi connectivity index (χ4v) is 7.97. The summed E-state index contributed by atoms with van der Waals surface area (Å²) in [6, 6.07) is 34.9. The number of nitrogens with zero attached hydrogens (tertiary/aromatic N) is 2. The number of urea groups is 2. The van der Waals surface area contributed by atoms with E-state index in [0.29, 0.717) is 44.7 Å². The second-order valence-corrected chi connectivity index (χ2v) is 18.4. The van der Waals surface area contributed by atoms with Gasteiger partial charge >= 0.3 is 18.2 Å². The molecule has 0 aromatic heterocycles. The van der Waals surface area contributed by atoms with E-state index in [1.165, 1.54) is 27.8 Å². The third-order valence-electron chi connectivity index (χ3n) is 12.0. The lowest BCUT2D eigenvalue weighted by Crippen LogP contribution is -2.47. The minimum Gasteiger partial charge on any atom is -0.483 e. The molecule has 0 radical (unpaired) electrons. The van der Waals surface area contributed by atoms with Crippen molar-refractivity contribution in [2.24, 2.45) is 5.73 Å². The standard InChI is InChI=1S/C29H42N4O3.C24H34N4O.CH2O2/c1-5-22-6-8-23(9-7-22)14-18-30-27(34)33-19-15-26(16-20-33)31-25-12-10-24(11-13-25)17-21-36-28(35)32-29(2,3)4;1-2-19-3-5-21(6-4-19)12-16-26-24(29)28-17-13-23(14-18-28)27-22-9-7-20(8-10-22)11-15-25;2-1-3/h6-13,26,31H,5,14-21H2,1-4H3,(H,30,34)(H,32,35);3-10,23,27H,2,11-18,25H2,1H3,(H,26,29);1H,(H,2,3). The van der Waals surface area contributed by atoms with Crippen molar-refractivity contribution < 1.29 is 29.0 Å². The van der Waals surface area contributed by atoms with Crippen molar-refractivity contribution in [2.45, 2.75) is 116 Å². The molecule has 4 aromatic rings. The minimum absolute atomic E-state index is 0.0291. The molecule has 68 heavy (non-hydrogen) atoms. The zero-order valence-electron chi connectivity index (χ0n) is 41.2. The molecule has 0 spiro atoms. The average molecular weight is 935 g/mol. The number of ether oxygens (including phenoxy) is 1. The number of benzene rings is 4. The molecule has 2 fully saturated rings. The summed E-state index contributed by atoms with van der Waals surface area (Å²) in [5.41, 5.74) is 15.1. The molecule has 0 bridgehead atoms. The van der Waals surface area contributed by atoms with E-state index in [4.69, 9.17) is 20.4 Å². The van der Waals surface area contributed by atoms with Gasteiger partial charge in [-0.25, -0.2) is 14.4 Å². The molecule has 0 unspecified atom stereocenters. The molecule has 370 valence electrons. The molecular weight excluding hydrogens is 857 g/mol. The Kier molecular flexibility index (Phi) is 23.5. The Bertz CT molecular complexity index is 2060. The molecule has 14 heteroatoms. The highest BCUT2D eigenvalue weighted by Gasteiger charge is 2.24. The van der Waals surface area contributed by atoms with Gasteiger partial charge in [0.1, 0.15) is 0 Å². The van der Waals surface area contributed by atoms with Crippen LogP contribution in [0.2, 0.25) is 0 Å². The number of nitrogens with one attached hydrogen (secondary N) is 5. The van der Waals surface area contributed by atoms with Gasteiger partial charge in [-0.1, -0.05) is 86.6 Å². The monoisotopic (exact) mass is 935 g/mol. The first kappa shape index (κ1) is 54.3. The van der Waals surface area contributed by atoms with E-state index in [9.17, 15) is 14.4 Å². The maximum atomic E-state index is 12.5. The number of nitrogens with two attached hydrogens (primary N) is 1. The number of piperidine rings is 2. The van der Waals surface area contributed by atoms with Gasteiger partial charge in [0.2, 0.25) is 0 Å². The second kappa shape index (κ2) is 29.5. The van der Waals surface area contributed by atoms with E-state index in [-0.39, 0.29) is 30.2 Å². The molecule has 0 saturated carbocycles. The predicted octanol–water partition coefficient (Wildman–Crippen LogP) is 8.42. The van der Waals surface area contributed by atoms with Crippen molar-refractivity contribution in [3.63, 3.8) is 0 Å². The molecule has 14 nitrogen and oxygen atoms in total. The summed E-state index contributed by atoms with van der Waals surface area (Å²) in [6.07, 6.45) is 8.80. The van der Waals surface area contributed by atoms with Crippen LogP contribution < -0.4 is 32.3 Å². The lowest BCUT2D eigenvalue weighted by Gasteiger charge is -2.33. The number of anilines is 2. The van der Waals surface area contributed by atoms with Gasteiger partial charge in [0, 0.05) is 74.7 Å². The molecule has 2 saturated heterocycles. The number of aryl methyl sites for hydroxylation is 2. The van der Waals surface area contributed by atoms with Gasteiger partial charge in [0.25, 0.3) is 6.47 Å². The molecule has 2 aliphatic rings. The molecule has 0 aliphatic carbocycles. The normalized spacial score (nSPS) is 14.0. The van der Waals surface area contributed by atoms with Gasteiger partial charge in [-0.3, -0.25) is 4.79 Å². The van der Waals surface area contributed by atoms with E-state index in [1.807, 2.05) is 30.6 Å². The molecule has 6 rings (SSSR count). The fraction of sp³-hybridized carbons (Fsp3) is 0.481. The topological polar surface area (TPSA) is 190 Å². The van der Waals surface area contributed by atoms with Crippen LogP contribution in [0.4, 0.5) is 25.8 Å². The quantitative estimate of drug-likeness (QED) is 0.0510. The van der Waals surface area contributed by atoms with Crippen LogP contribution in [0.3, 0.4) is 0 Å². The number of alkyl carbamates (subject to hydrolysis) is 1. The summed E-state index contributed by atoms with van der Waals surface area (Å²) in [4.78, 5) is 48.9. The summed E-state index contributed by atoms with van der Waals surface area (Å²) in [6.45, 7) is 15.3. The Hall–Kier alpha value is -6.28. The highest BCUT2D eigenvalue weighted by atomic mass is 16.5. The Labute approximate surface area is 405 Å². The van der Waals surface area contributed by atoms with Gasteiger partial charge in [-0.15, -0.1) is 0 Å². The Balaban J connectivity index is 0.000000286. The molecular formula is C54H78N8O6.